The number of H-pyrrole nitrogens is 1. The van der Waals surface area contributed by atoms with Crippen LogP contribution in [0.5, 0.6) is 0 Å². The Hall–Kier alpha value is -2.49. The molecule has 1 unspecified atom stereocenters. The fraction of sp³-hybridized carbons (Fsp3) is 0.409. The molecule has 0 bridgehead atoms. The van der Waals surface area contributed by atoms with Gasteiger partial charge in [0.1, 0.15) is 5.03 Å². The van der Waals surface area contributed by atoms with Crippen LogP contribution in [0.1, 0.15) is 26.8 Å². The number of nitrogens with zero attached hydrogens (tertiary/aromatic N) is 5. The first-order valence-corrected chi connectivity index (χ1v) is 13.5. The maximum atomic E-state index is 13.4. The second kappa shape index (κ2) is 8.94. The average molecular weight is 519 g/mol. The van der Waals surface area contributed by atoms with Gasteiger partial charge >= 0.3 is 0 Å². The molecule has 5 rings (SSSR count). The predicted octanol–water partition coefficient (Wildman–Crippen LogP) is 2.69. The fourth-order valence-electron chi connectivity index (χ4n) is 4.48. The maximum Gasteiger partial charge on any atom is 0.283 e. The zero-order valence-electron chi connectivity index (χ0n) is 18.5. The lowest BCUT2D eigenvalue weighted by Gasteiger charge is -2.39. The highest BCUT2D eigenvalue weighted by atomic mass is 35.5. The summed E-state index contributed by atoms with van der Waals surface area (Å²) in [5.74, 6) is -0.236. The Bertz CT molecular complexity index is 1410. The van der Waals surface area contributed by atoms with E-state index < -0.39 is 16.1 Å². The van der Waals surface area contributed by atoms with E-state index in [2.05, 4.69) is 20.9 Å². The highest BCUT2D eigenvalue weighted by Crippen LogP contribution is 2.29. The number of carbonyl (C=O) groups is 1. The molecule has 9 nitrogen and oxygen atoms in total. The van der Waals surface area contributed by atoms with Gasteiger partial charge in [0.25, 0.3) is 15.9 Å². The number of rotatable bonds is 4. The third-order valence-corrected chi connectivity index (χ3v) is 9.41. The molecule has 2 aliphatic rings. The van der Waals surface area contributed by atoms with Crippen LogP contribution in [0.3, 0.4) is 0 Å². The van der Waals surface area contributed by atoms with Crippen molar-refractivity contribution in [3.63, 3.8) is 0 Å². The molecule has 4 heterocycles. The summed E-state index contributed by atoms with van der Waals surface area (Å²) in [6, 6.07) is 8.24. The molecule has 3 aromatic rings. The molecule has 1 atom stereocenters. The minimum absolute atomic E-state index is 0.0356. The third-order valence-electron chi connectivity index (χ3n) is 6.31. The van der Waals surface area contributed by atoms with Crippen LogP contribution in [0.25, 0.3) is 10.9 Å². The van der Waals surface area contributed by atoms with E-state index in [1.807, 2.05) is 7.05 Å². The summed E-state index contributed by atoms with van der Waals surface area (Å²) < 4.78 is 28.1. The van der Waals surface area contributed by atoms with E-state index in [9.17, 15) is 18.5 Å². The zero-order chi connectivity index (χ0) is 24.0. The zero-order valence-corrected chi connectivity index (χ0v) is 20.9. The van der Waals surface area contributed by atoms with E-state index in [1.165, 1.54) is 15.6 Å². The molecule has 1 fully saturated rings. The molecular formula is C22H23ClN6O3S2. The van der Waals surface area contributed by atoms with Gasteiger partial charge in [-0.05, 0) is 31.3 Å². The van der Waals surface area contributed by atoms with Crippen molar-refractivity contribution in [3.05, 3.63) is 44.9 Å². The van der Waals surface area contributed by atoms with E-state index in [0.29, 0.717) is 20.9 Å². The summed E-state index contributed by atoms with van der Waals surface area (Å²) in [6.45, 7) is 2.05. The van der Waals surface area contributed by atoms with Crippen LogP contribution in [0.4, 0.5) is 0 Å². The Morgan fingerprint density at radius 3 is 2.94 bits per heavy atom. The molecule has 1 aromatic carbocycles. The number of hydrogen-bond donors (Lipinski definition) is 1. The molecule has 1 N–H and O–H groups in total. The van der Waals surface area contributed by atoms with Gasteiger partial charge in [-0.2, -0.15) is 9.57 Å². The number of carbonyl (C=O) groups excluding carboxylic acids is 1. The Morgan fingerprint density at radius 2 is 2.15 bits per heavy atom. The van der Waals surface area contributed by atoms with E-state index in [-0.39, 0.29) is 37.0 Å². The number of fused-ring (bicyclic) bond motifs is 2. The van der Waals surface area contributed by atoms with Gasteiger partial charge in [-0.15, -0.1) is 11.3 Å². The standard InChI is InChI=1S/C22H23ClN6O3S2/c1-27-7-5-18-19(13-27)33-21(26-18)22(30)29-9-8-28(12-16(29)4-6-24)34(31,32)20-11-14-10-15(23)2-3-17(14)25-20/h2-3,10-11,16,25H,4-5,7-9,12-13H2,1H3. The Kier molecular flexibility index (Phi) is 6.12. The van der Waals surface area contributed by atoms with E-state index >= 15 is 0 Å². The van der Waals surface area contributed by atoms with Gasteiger partial charge in [-0.3, -0.25) is 4.79 Å². The smallest absolute Gasteiger partial charge is 0.283 e. The third kappa shape index (κ3) is 4.21. The predicted molar refractivity (Wildman–Crippen MR) is 129 cm³/mol. The number of sulfonamides is 1. The number of amides is 1. The summed E-state index contributed by atoms with van der Waals surface area (Å²) in [7, 11) is -1.81. The normalized spacial score (nSPS) is 19.8. The second-order valence-electron chi connectivity index (χ2n) is 8.62. The van der Waals surface area contributed by atoms with Crippen LogP contribution in [0.15, 0.2) is 29.3 Å². The van der Waals surface area contributed by atoms with Crippen LogP contribution in [0, 0.1) is 11.3 Å². The molecule has 0 radical (unpaired) electrons. The molecular weight excluding hydrogens is 496 g/mol. The molecule has 1 amide bonds. The SMILES string of the molecule is CN1CCc2nc(C(=O)N3CCN(S(=O)(=O)c4cc5cc(Cl)ccc5[nH]4)CC3CC#N)sc2C1. The number of nitrogens with one attached hydrogen (secondary N) is 1. The van der Waals surface area contributed by atoms with Crippen molar-refractivity contribution < 1.29 is 13.2 Å². The first-order chi connectivity index (χ1) is 16.3. The van der Waals surface area contributed by atoms with Crippen molar-refractivity contribution in [2.75, 3.05) is 33.2 Å². The highest BCUT2D eigenvalue weighted by Gasteiger charge is 2.38. The molecule has 0 saturated carbocycles. The summed E-state index contributed by atoms with van der Waals surface area (Å²) in [6.07, 6.45) is 0.840. The first-order valence-electron chi connectivity index (χ1n) is 10.9. The number of likely N-dealkylation sites (N-methyl/N-ethyl adjacent to an activating group) is 1. The second-order valence-corrected chi connectivity index (χ2v) is 12.0. The Labute approximate surface area is 206 Å². The lowest BCUT2D eigenvalue weighted by molar-refractivity contribution is 0.0570. The van der Waals surface area contributed by atoms with E-state index in [0.717, 1.165) is 30.1 Å². The van der Waals surface area contributed by atoms with E-state index in [4.69, 9.17) is 11.6 Å². The average Bonchev–Trinajstić information content (AvgIpc) is 3.42. The van der Waals surface area contributed by atoms with Gasteiger partial charge in [-0.25, -0.2) is 13.4 Å². The minimum Gasteiger partial charge on any atom is -0.345 e. The molecule has 2 aromatic heterocycles. The van der Waals surface area contributed by atoms with Gasteiger partial charge < -0.3 is 14.8 Å². The molecule has 1 saturated heterocycles. The Morgan fingerprint density at radius 1 is 1.32 bits per heavy atom. The van der Waals surface area contributed by atoms with Crippen LogP contribution in [0.2, 0.25) is 5.02 Å². The van der Waals surface area contributed by atoms with Crippen LogP contribution < -0.4 is 0 Å². The molecule has 0 aliphatic carbocycles. The van der Waals surface area contributed by atoms with Gasteiger partial charge in [0.15, 0.2) is 5.01 Å². The molecule has 178 valence electrons. The van der Waals surface area contributed by atoms with Crippen LogP contribution >= 0.6 is 22.9 Å². The van der Waals surface area contributed by atoms with Gasteiger partial charge in [0.2, 0.25) is 0 Å². The summed E-state index contributed by atoms with van der Waals surface area (Å²) >= 11 is 7.43. The van der Waals surface area contributed by atoms with Crippen LogP contribution in [-0.2, 0) is 23.0 Å². The van der Waals surface area contributed by atoms with Crippen molar-refractivity contribution in [1.29, 1.82) is 5.26 Å². The van der Waals surface area contributed by atoms with Gasteiger partial charge in [0.05, 0.1) is 24.2 Å². The number of hydrogen-bond acceptors (Lipinski definition) is 7. The van der Waals surface area contributed by atoms with Crippen molar-refractivity contribution in [2.45, 2.75) is 30.5 Å². The topological polar surface area (TPSA) is 113 Å². The van der Waals surface area contributed by atoms with Crippen LogP contribution in [-0.4, -0.2) is 77.7 Å². The quantitative estimate of drug-likeness (QED) is 0.568. The number of piperazine rings is 1. The summed E-state index contributed by atoms with van der Waals surface area (Å²) in [4.78, 5) is 25.7. The number of aromatic nitrogens is 2. The summed E-state index contributed by atoms with van der Waals surface area (Å²) in [5, 5.41) is 11.1. The number of halogens is 1. The van der Waals surface area contributed by atoms with Crippen molar-refractivity contribution in [3.8, 4) is 6.07 Å². The summed E-state index contributed by atoms with van der Waals surface area (Å²) in [5.41, 5.74) is 1.63. The largest absolute Gasteiger partial charge is 0.345 e. The van der Waals surface area contributed by atoms with Gasteiger partial charge in [0, 0.05) is 59.9 Å². The molecule has 2 aliphatic heterocycles. The number of benzene rings is 1. The Balaban J connectivity index is 1.37. The monoisotopic (exact) mass is 518 g/mol. The van der Waals surface area contributed by atoms with Crippen molar-refractivity contribution in [2.24, 2.45) is 0 Å². The van der Waals surface area contributed by atoms with Gasteiger partial charge in [-0.1, -0.05) is 11.6 Å². The molecule has 12 heteroatoms. The number of thiazole rings is 1. The number of aromatic amines is 1. The highest BCUT2D eigenvalue weighted by molar-refractivity contribution is 7.89. The molecule has 34 heavy (non-hydrogen) atoms. The minimum atomic E-state index is -3.84. The number of nitriles is 1. The lowest BCUT2D eigenvalue weighted by Crippen LogP contribution is -2.56. The van der Waals surface area contributed by atoms with E-state index in [1.54, 1.807) is 29.2 Å². The molecule has 0 spiro atoms. The maximum absolute atomic E-state index is 13.4. The fourth-order valence-corrected chi connectivity index (χ4v) is 7.29. The van der Waals surface area contributed by atoms with Crippen molar-refractivity contribution in [1.82, 2.24) is 24.1 Å². The van der Waals surface area contributed by atoms with Crippen molar-refractivity contribution >= 4 is 49.8 Å². The lowest BCUT2D eigenvalue weighted by atomic mass is 10.1. The first kappa shape index (κ1) is 23.3.